The maximum atomic E-state index is 2.57. The van der Waals surface area contributed by atoms with Crippen LogP contribution in [0.15, 0.2) is 121 Å². The van der Waals surface area contributed by atoms with Crippen LogP contribution in [0.5, 0.6) is 0 Å². The predicted molar refractivity (Wildman–Crippen MR) is 262 cm³/mol. The summed E-state index contributed by atoms with van der Waals surface area (Å²) in [5, 5.41) is 0. The highest BCUT2D eigenvalue weighted by atomic mass is 14.5. The molecule has 0 N–H and O–H groups in total. The fourth-order valence-electron chi connectivity index (χ4n) is 10.0. The topological polar surface area (TPSA) is 0 Å². The molecule has 0 bridgehead atoms. The number of hydrogen-bond donors (Lipinski definition) is 0. The van der Waals surface area contributed by atoms with Crippen LogP contribution in [0.3, 0.4) is 0 Å². The van der Waals surface area contributed by atoms with E-state index in [1.165, 1.54) is 179 Å². The number of aryl methyl sites for hydroxylation is 5. The van der Waals surface area contributed by atoms with Gasteiger partial charge in [0, 0.05) is 0 Å². The molecule has 0 amide bonds. The first kappa shape index (κ1) is 43.4. The van der Waals surface area contributed by atoms with Crippen molar-refractivity contribution in [1.82, 2.24) is 0 Å². The van der Waals surface area contributed by atoms with Crippen LogP contribution >= 0.6 is 0 Å². The summed E-state index contributed by atoms with van der Waals surface area (Å²) in [4.78, 5) is 0. The van der Waals surface area contributed by atoms with Crippen LogP contribution in [-0.4, -0.2) is 0 Å². The van der Waals surface area contributed by atoms with Gasteiger partial charge in [0.1, 0.15) is 0 Å². The van der Waals surface area contributed by atoms with E-state index in [0.717, 1.165) is 19.3 Å². The standard InChI is InChI=1S/C60H72/c1-7-10-13-15-17-19-22-48-27-34-53(35-28-48)60(54-36-29-49(30-37-54)23-20-18-16-14-11-8-2)58-40-44(4)24-38-55(58)56-39-33-51(43-59(56)60)57-42-52(41-45(5)46(57)6)50-31-25-47(26-32-50)21-12-9-3/h24-43H,7-23H2,1-6H3. The molecule has 0 heteroatoms. The lowest BCUT2D eigenvalue weighted by molar-refractivity contribution is 0.607. The van der Waals surface area contributed by atoms with Gasteiger partial charge in [-0.05, 0) is 155 Å². The van der Waals surface area contributed by atoms with Gasteiger partial charge in [-0.1, -0.05) is 206 Å². The molecule has 6 aromatic rings. The molecule has 6 aromatic carbocycles. The van der Waals surface area contributed by atoms with Gasteiger partial charge >= 0.3 is 0 Å². The van der Waals surface area contributed by atoms with Crippen molar-refractivity contribution in [2.45, 2.75) is 156 Å². The van der Waals surface area contributed by atoms with Gasteiger partial charge in [-0.3, -0.25) is 0 Å². The van der Waals surface area contributed by atoms with Gasteiger partial charge in [0.25, 0.3) is 0 Å². The van der Waals surface area contributed by atoms with Crippen LogP contribution in [0.4, 0.5) is 0 Å². The molecule has 0 aromatic heterocycles. The van der Waals surface area contributed by atoms with Crippen molar-refractivity contribution in [3.05, 3.63) is 177 Å². The van der Waals surface area contributed by atoms with Gasteiger partial charge in [0.05, 0.1) is 5.41 Å². The molecule has 0 radical (unpaired) electrons. The predicted octanol–water partition coefficient (Wildman–Crippen LogP) is 17.5. The molecule has 312 valence electrons. The summed E-state index contributed by atoms with van der Waals surface area (Å²) in [5.74, 6) is 0. The first-order valence-electron chi connectivity index (χ1n) is 24.0. The summed E-state index contributed by atoms with van der Waals surface area (Å²) >= 11 is 0. The zero-order valence-corrected chi connectivity index (χ0v) is 38.1. The summed E-state index contributed by atoms with van der Waals surface area (Å²) in [6.07, 6.45) is 21.9. The average molecular weight is 793 g/mol. The van der Waals surface area contributed by atoms with Crippen LogP contribution in [0.25, 0.3) is 33.4 Å². The van der Waals surface area contributed by atoms with E-state index in [2.05, 4.69) is 163 Å². The largest absolute Gasteiger partial charge is 0.0713 e. The maximum Gasteiger partial charge on any atom is 0.0713 e. The second-order valence-corrected chi connectivity index (χ2v) is 18.3. The van der Waals surface area contributed by atoms with Gasteiger partial charge in [0.2, 0.25) is 0 Å². The quantitative estimate of drug-likeness (QED) is 0.0636. The summed E-state index contributed by atoms with van der Waals surface area (Å²) in [7, 11) is 0. The van der Waals surface area contributed by atoms with Crippen molar-refractivity contribution >= 4 is 0 Å². The Labute approximate surface area is 364 Å². The molecular weight excluding hydrogens is 721 g/mol. The van der Waals surface area contributed by atoms with E-state index in [1.54, 1.807) is 0 Å². The second-order valence-electron chi connectivity index (χ2n) is 18.3. The Balaban J connectivity index is 1.32. The fraction of sp³-hybridized carbons (Fsp3) is 0.400. The van der Waals surface area contributed by atoms with Crippen LogP contribution in [0, 0.1) is 20.8 Å². The number of hydrogen-bond acceptors (Lipinski definition) is 0. The third kappa shape index (κ3) is 9.60. The Kier molecular flexibility index (Phi) is 15.0. The Morgan fingerprint density at radius 1 is 0.350 bits per heavy atom. The van der Waals surface area contributed by atoms with Crippen molar-refractivity contribution in [3.63, 3.8) is 0 Å². The van der Waals surface area contributed by atoms with Crippen LogP contribution in [0.1, 0.15) is 166 Å². The first-order chi connectivity index (χ1) is 29.4. The second kappa shape index (κ2) is 20.7. The lowest BCUT2D eigenvalue weighted by Crippen LogP contribution is -2.29. The van der Waals surface area contributed by atoms with Crippen LogP contribution < -0.4 is 0 Å². The number of benzene rings is 6. The van der Waals surface area contributed by atoms with E-state index >= 15 is 0 Å². The highest BCUT2D eigenvalue weighted by Crippen LogP contribution is 2.57. The molecule has 0 atom stereocenters. The minimum absolute atomic E-state index is 0.432. The lowest BCUT2D eigenvalue weighted by Gasteiger charge is -2.34. The van der Waals surface area contributed by atoms with Gasteiger partial charge in [-0.2, -0.15) is 0 Å². The highest BCUT2D eigenvalue weighted by molar-refractivity contribution is 5.89. The van der Waals surface area contributed by atoms with Crippen LogP contribution in [0.2, 0.25) is 0 Å². The monoisotopic (exact) mass is 793 g/mol. The van der Waals surface area contributed by atoms with Crippen molar-refractivity contribution in [3.8, 4) is 33.4 Å². The lowest BCUT2D eigenvalue weighted by atomic mass is 9.67. The number of rotatable bonds is 21. The molecule has 1 aliphatic rings. The molecule has 0 aliphatic heterocycles. The van der Waals surface area contributed by atoms with Crippen molar-refractivity contribution in [2.24, 2.45) is 0 Å². The Hall–Kier alpha value is -4.68. The summed E-state index contributed by atoms with van der Waals surface area (Å²) in [6.45, 7) is 13.7. The molecule has 0 spiro atoms. The molecule has 60 heavy (non-hydrogen) atoms. The van der Waals surface area contributed by atoms with E-state index < -0.39 is 5.41 Å². The Morgan fingerprint density at radius 2 is 0.800 bits per heavy atom. The molecule has 1 aliphatic carbocycles. The zero-order valence-electron chi connectivity index (χ0n) is 38.1. The highest BCUT2D eigenvalue weighted by Gasteiger charge is 2.46. The molecule has 7 rings (SSSR count). The third-order valence-electron chi connectivity index (χ3n) is 13.8. The SMILES string of the molecule is CCCCCCCCc1ccc(C2(c3ccc(CCCCCCCC)cc3)c3cc(C)ccc3-c3ccc(-c4cc(-c5ccc(CCCC)cc5)cc(C)c4C)cc32)cc1. The summed E-state index contributed by atoms with van der Waals surface area (Å²) in [5.41, 5.74) is 21.4. The molecule has 0 saturated heterocycles. The average Bonchev–Trinajstić information content (AvgIpc) is 3.56. The molecule has 0 saturated carbocycles. The van der Waals surface area contributed by atoms with Gasteiger partial charge in [-0.25, -0.2) is 0 Å². The van der Waals surface area contributed by atoms with Gasteiger partial charge in [-0.15, -0.1) is 0 Å². The van der Waals surface area contributed by atoms with E-state index in [9.17, 15) is 0 Å². The molecular formula is C60H72. The van der Waals surface area contributed by atoms with Gasteiger partial charge < -0.3 is 0 Å². The Morgan fingerprint density at radius 3 is 1.35 bits per heavy atom. The van der Waals surface area contributed by atoms with Crippen LogP contribution in [-0.2, 0) is 24.7 Å². The first-order valence-corrected chi connectivity index (χ1v) is 24.0. The number of fused-ring (bicyclic) bond motifs is 3. The minimum Gasteiger partial charge on any atom is -0.0654 e. The van der Waals surface area contributed by atoms with E-state index in [1.807, 2.05) is 0 Å². The van der Waals surface area contributed by atoms with Crippen molar-refractivity contribution < 1.29 is 0 Å². The van der Waals surface area contributed by atoms with E-state index in [4.69, 9.17) is 0 Å². The number of unbranched alkanes of at least 4 members (excludes halogenated alkanes) is 11. The molecule has 0 nitrogen and oxygen atoms in total. The van der Waals surface area contributed by atoms with E-state index in [-0.39, 0.29) is 0 Å². The minimum atomic E-state index is -0.432. The molecule has 0 unspecified atom stereocenters. The normalized spacial score (nSPS) is 12.8. The fourth-order valence-corrected chi connectivity index (χ4v) is 10.0. The third-order valence-corrected chi connectivity index (χ3v) is 13.8. The van der Waals surface area contributed by atoms with Crippen molar-refractivity contribution in [2.75, 3.05) is 0 Å². The maximum absolute atomic E-state index is 2.57. The van der Waals surface area contributed by atoms with Crippen molar-refractivity contribution in [1.29, 1.82) is 0 Å². The zero-order chi connectivity index (χ0) is 41.9. The molecule has 0 heterocycles. The summed E-state index contributed by atoms with van der Waals surface area (Å²) < 4.78 is 0. The Bertz CT molecular complexity index is 2220. The summed E-state index contributed by atoms with van der Waals surface area (Å²) in [6, 6.07) is 48.4. The van der Waals surface area contributed by atoms with E-state index in [0.29, 0.717) is 0 Å². The van der Waals surface area contributed by atoms with Gasteiger partial charge in [0.15, 0.2) is 0 Å². The smallest absolute Gasteiger partial charge is 0.0654 e. The molecule has 0 fully saturated rings.